The third-order valence-corrected chi connectivity index (χ3v) is 3.34. The lowest BCUT2D eigenvalue weighted by atomic mass is 10.1. The van der Waals surface area contributed by atoms with Crippen LogP contribution in [0.25, 0.3) is 11.0 Å². The number of nitrogens with zero attached hydrogens (tertiary/aromatic N) is 3. The second-order valence-electron chi connectivity index (χ2n) is 4.90. The third-order valence-electron chi connectivity index (χ3n) is 3.34. The first kappa shape index (κ1) is 11.7. The standard InChI is InChI=1S/C15H16N4/c1-10-7-14-15(8-11(10)2)18-19(17-14)9-12-3-5-13(16)6-4-12/h3-8H,9,16H2,1-2H3. The van der Waals surface area contributed by atoms with Gasteiger partial charge in [0.2, 0.25) is 0 Å². The smallest absolute Gasteiger partial charge is 0.113 e. The largest absolute Gasteiger partial charge is 0.399 e. The molecule has 3 aromatic rings. The number of rotatable bonds is 2. The van der Waals surface area contributed by atoms with E-state index in [1.54, 1.807) is 4.80 Å². The summed E-state index contributed by atoms with van der Waals surface area (Å²) < 4.78 is 0. The second kappa shape index (κ2) is 4.39. The van der Waals surface area contributed by atoms with Crippen LogP contribution in [0.5, 0.6) is 0 Å². The Morgan fingerprint density at radius 3 is 2.00 bits per heavy atom. The molecule has 0 aliphatic heterocycles. The first-order valence-electron chi connectivity index (χ1n) is 6.28. The molecule has 0 aliphatic carbocycles. The van der Waals surface area contributed by atoms with Crippen molar-refractivity contribution in [1.29, 1.82) is 0 Å². The molecule has 0 radical (unpaired) electrons. The molecule has 1 aromatic heterocycles. The van der Waals surface area contributed by atoms with E-state index in [1.807, 2.05) is 24.3 Å². The van der Waals surface area contributed by atoms with Crippen molar-refractivity contribution >= 4 is 16.7 Å². The number of nitrogen functional groups attached to an aromatic ring is 1. The summed E-state index contributed by atoms with van der Waals surface area (Å²) in [7, 11) is 0. The number of anilines is 1. The summed E-state index contributed by atoms with van der Waals surface area (Å²) >= 11 is 0. The van der Waals surface area contributed by atoms with Gasteiger partial charge in [-0.1, -0.05) is 12.1 Å². The van der Waals surface area contributed by atoms with Crippen LogP contribution in [-0.2, 0) is 6.54 Å². The Morgan fingerprint density at radius 1 is 0.947 bits per heavy atom. The normalized spacial score (nSPS) is 11.1. The Kier molecular flexibility index (Phi) is 2.71. The van der Waals surface area contributed by atoms with Gasteiger partial charge in [-0.3, -0.25) is 0 Å². The van der Waals surface area contributed by atoms with Gasteiger partial charge in [-0.05, 0) is 54.8 Å². The Morgan fingerprint density at radius 2 is 1.47 bits per heavy atom. The molecule has 0 amide bonds. The minimum atomic E-state index is 0.660. The topological polar surface area (TPSA) is 56.7 Å². The van der Waals surface area contributed by atoms with Gasteiger partial charge in [0.1, 0.15) is 11.0 Å². The Bertz CT molecular complexity index is 687. The maximum Gasteiger partial charge on any atom is 0.113 e. The number of benzene rings is 2. The second-order valence-corrected chi connectivity index (χ2v) is 4.90. The van der Waals surface area contributed by atoms with E-state index in [1.165, 1.54) is 11.1 Å². The number of fused-ring (bicyclic) bond motifs is 1. The summed E-state index contributed by atoms with van der Waals surface area (Å²) in [6, 6.07) is 12.0. The van der Waals surface area contributed by atoms with Crippen LogP contribution < -0.4 is 5.73 Å². The molecule has 0 fully saturated rings. The molecule has 2 N–H and O–H groups in total. The molecular weight excluding hydrogens is 236 g/mol. The number of aromatic nitrogens is 3. The van der Waals surface area contributed by atoms with Crippen molar-refractivity contribution in [2.45, 2.75) is 20.4 Å². The van der Waals surface area contributed by atoms with Crippen LogP contribution in [0, 0.1) is 13.8 Å². The summed E-state index contributed by atoms with van der Waals surface area (Å²) in [5, 5.41) is 9.01. The Balaban J connectivity index is 1.95. The van der Waals surface area contributed by atoms with Gasteiger partial charge >= 0.3 is 0 Å². The number of hydrogen-bond donors (Lipinski definition) is 1. The van der Waals surface area contributed by atoms with Crippen LogP contribution in [0.4, 0.5) is 5.69 Å². The molecule has 0 aliphatic rings. The van der Waals surface area contributed by atoms with Gasteiger partial charge in [-0.15, -0.1) is 0 Å². The zero-order valence-electron chi connectivity index (χ0n) is 11.1. The van der Waals surface area contributed by atoms with Crippen LogP contribution >= 0.6 is 0 Å². The monoisotopic (exact) mass is 252 g/mol. The van der Waals surface area contributed by atoms with Crippen LogP contribution in [0.15, 0.2) is 36.4 Å². The lowest BCUT2D eigenvalue weighted by Crippen LogP contribution is -2.03. The Hall–Kier alpha value is -2.36. The molecule has 1 heterocycles. The van der Waals surface area contributed by atoms with E-state index in [0.717, 1.165) is 22.3 Å². The van der Waals surface area contributed by atoms with Crippen LogP contribution in [0.2, 0.25) is 0 Å². The predicted molar refractivity (Wildman–Crippen MR) is 77.0 cm³/mol. The van der Waals surface area contributed by atoms with Crippen LogP contribution in [0.3, 0.4) is 0 Å². The maximum absolute atomic E-state index is 5.68. The van der Waals surface area contributed by atoms with Gasteiger partial charge < -0.3 is 5.73 Å². The summed E-state index contributed by atoms with van der Waals surface area (Å²) in [6.45, 7) is 4.84. The molecule has 96 valence electrons. The molecule has 0 bridgehead atoms. The summed E-state index contributed by atoms with van der Waals surface area (Å²) in [6.07, 6.45) is 0. The van der Waals surface area contributed by atoms with E-state index in [2.05, 4.69) is 36.2 Å². The van der Waals surface area contributed by atoms with Crippen molar-refractivity contribution in [2.24, 2.45) is 0 Å². The van der Waals surface area contributed by atoms with E-state index in [9.17, 15) is 0 Å². The van der Waals surface area contributed by atoms with Crippen molar-refractivity contribution in [3.05, 3.63) is 53.1 Å². The van der Waals surface area contributed by atoms with E-state index in [0.29, 0.717) is 6.54 Å². The van der Waals surface area contributed by atoms with Crippen LogP contribution in [-0.4, -0.2) is 15.0 Å². The van der Waals surface area contributed by atoms with Crippen molar-refractivity contribution < 1.29 is 0 Å². The number of nitrogens with two attached hydrogens (primary N) is 1. The van der Waals surface area contributed by atoms with Crippen molar-refractivity contribution in [3.8, 4) is 0 Å². The third kappa shape index (κ3) is 2.29. The van der Waals surface area contributed by atoms with Gasteiger partial charge in [0, 0.05) is 5.69 Å². The fraction of sp³-hybridized carbons (Fsp3) is 0.200. The number of hydrogen-bond acceptors (Lipinski definition) is 3. The first-order valence-corrected chi connectivity index (χ1v) is 6.28. The molecule has 4 heteroatoms. The average molecular weight is 252 g/mol. The summed E-state index contributed by atoms with van der Waals surface area (Å²) in [5.41, 5.74) is 12.0. The minimum Gasteiger partial charge on any atom is -0.399 e. The fourth-order valence-electron chi connectivity index (χ4n) is 2.07. The van der Waals surface area contributed by atoms with Gasteiger partial charge in [0.15, 0.2) is 0 Å². The molecule has 4 nitrogen and oxygen atoms in total. The highest BCUT2D eigenvalue weighted by Gasteiger charge is 2.05. The average Bonchev–Trinajstić information content (AvgIpc) is 2.74. The molecule has 3 rings (SSSR count). The Labute approximate surface area is 111 Å². The zero-order valence-corrected chi connectivity index (χ0v) is 11.1. The SMILES string of the molecule is Cc1cc2nn(Cc3ccc(N)cc3)nc2cc1C. The van der Waals surface area contributed by atoms with Crippen molar-refractivity contribution in [1.82, 2.24) is 15.0 Å². The molecule has 0 saturated heterocycles. The molecule has 0 unspecified atom stereocenters. The molecule has 2 aromatic carbocycles. The van der Waals surface area contributed by atoms with Gasteiger partial charge in [-0.2, -0.15) is 15.0 Å². The molecule has 0 spiro atoms. The maximum atomic E-state index is 5.68. The van der Waals surface area contributed by atoms with E-state index in [-0.39, 0.29) is 0 Å². The highest BCUT2D eigenvalue weighted by Crippen LogP contribution is 2.16. The molecule has 0 atom stereocenters. The molecular formula is C15H16N4. The lowest BCUT2D eigenvalue weighted by Gasteiger charge is -2.00. The van der Waals surface area contributed by atoms with E-state index in [4.69, 9.17) is 5.73 Å². The molecule has 19 heavy (non-hydrogen) atoms. The van der Waals surface area contributed by atoms with Crippen LogP contribution in [0.1, 0.15) is 16.7 Å². The fourth-order valence-corrected chi connectivity index (χ4v) is 2.07. The highest BCUT2D eigenvalue weighted by atomic mass is 15.5. The van der Waals surface area contributed by atoms with Gasteiger partial charge in [0.25, 0.3) is 0 Å². The predicted octanol–water partition coefficient (Wildman–Crippen LogP) is 2.68. The van der Waals surface area contributed by atoms with Crippen molar-refractivity contribution in [3.63, 3.8) is 0 Å². The summed E-state index contributed by atoms with van der Waals surface area (Å²) in [4.78, 5) is 1.73. The van der Waals surface area contributed by atoms with E-state index >= 15 is 0 Å². The first-order chi connectivity index (χ1) is 9.11. The summed E-state index contributed by atoms with van der Waals surface area (Å²) in [5.74, 6) is 0. The minimum absolute atomic E-state index is 0.660. The quantitative estimate of drug-likeness (QED) is 0.713. The van der Waals surface area contributed by atoms with Gasteiger partial charge in [-0.25, -0.2) is 0 Å². The molecule has 0 saturated carbocycles. The zero-order chi connectivity index (χ0) is 13.4. The number of aryl methyl sites for hydroxylation is 2. The highest BCUT2D eigenvalue weighted by molar-refractivity contribution is 5.75. The lowest BCUT2D eigenvalue weighted by molar-refractivity contribution is 0.600. The van der Waals surface area contributed by atoms with Crippen molar-refractivity contribution in [2.75, 3.05) is 5.73 Å². The van der Waals surface area contributed by atoms with Gasteiger partial charge in [0.05, 0.1) is 6.54 Å². The van der Waals surface area contributed by atoms with E-state index < -0.39 is 0 Å².